The first-order chi connectivity index (χ1) is 6.15. The molecule has 1 aliphatic carbocycles. The van der Waals surface area contributed by atoms with Gasteiger partial charge in [-0.1, -0.05) is 6.42 Å². The van der Waals surface area contributed by atoms with E-state index in [4.69, 9.17) is 5.11 Å². The first-order valence-corrected chi connectivity index (χ1v) is 5.80. The summed E-state index contributed by atoms with van der Waals surface area (Å²) >= 11 is 4.90. The number of carboxylic acid groups (broad SMARTS) is 1. The Kier molecular flexibility index (Phi) is 2.20. The molecule has 0 aliphatic heterocycles. The smallest absolute Gasteiger partial charge is 0.314 e. The number of hydrogen-bond donors (Lipinski definition) is 1. The molecule has 2 rings (SSSR count). The number of aliphatic carboxylic acids is 1. The van der Waals surface area contributed by atoms with E-state index in [1.165, 1.54) is 0 Å². The van der Waals surface area contributed by atoms with Crippen LogP contribution in [0.3, 0.4) is 0 Å². The molecule has 0 amide bonds. The van der Waals surface area contributed by atoms with Gasteiger partial charge in [0, 0.05) is 0 Å². The lowest BCUT2D eigenvalue weighted by atomic mass is 9.65. The number of halogens is 1. The number of carbonyl (C=O) groups is 1. The van der Waals surface area contributed by atoms with Gasteiger partial charge < -0.3 is 5.11 Å². The molecule has 1 saturated carbocycles. The Morgan fingerprint density at radius 3 is 2.62 bits per heavy atom. The molecule has 0 unspecified atom stereocenters. The second kappa shape index (κ2) is 3.10. The van der Waals surface area contributed by atoms with Crippen molar-refractivity contribution < 1.29 is 9.90 Å². The van der Waals surface area contributed by atoms with Gasteiger partial charge in [0.05, 0.1) is 9.20 Å². The van der Waals surface area contributed by atoms with Gasteiger partial charge in [-0.3, -0.25) is 4.79 Å². The third-order valence-electron chi connectivity index (χ3n) is 2.74. The third kappa shape index (κ3) is 1.32. The molecule has 1 aliphatic rings. The van der Waals surface area contributed by atoms with Crippen LogP contribution >= 0.6 is 27.3 Å². The summed E-state index contributed by atoms with van der Waals surface area (Å²) in [5.41, 5.74) is 0.394. The first-order valence-electron chi connectivity index (χ1n) is 4.13. The summed E-state index contributed by atoms with van der Waals surface area (Å²) in [6.45, 7) is 0. The Labute approximate surface area is 88.7 Å². The van der Waals surface area contributed by atoms with E-state index >= 15 is 0 Å². The highest BCUT2D eigenvalue weighted by Crippen LogP contribution is 2.45. The molecule has 1 N–H and O–H groups in total. The van der Waals surface area contributed by atoms with Crippen LogP contribution in [0.4, 0.5) is 0 Å². The van der Waals surface area contributed by atoms with Gasteiger partial charge in [-0.15, -0.1) is 11.3 Å². The maximum absolute atomic E-state index is 11.1. The highest BCUT2D eigenvalue weighted by Gasteiger charge is 2.46. The van der Waals surface area contributed by atoms with Crippen molar-refractivity contribution in [3.05, 3.63) is 20.8 Å². The molecule has 0 saturated heterocycles. The monoisotopic (exact) mass is 260 g/mol. The maximum Gasteiger partial charge on any atom is 0.314 e. The third-order valence-corrected chi connectivity index (χ3v) is 4.24. The zero-order valence-electron chi connectivity index (χ0n) is 6.92. The Morgan fingerprint density at radius 1 is 1.62 bits per heavy atom. The van der Waals surface area contributed by atoms with Crippen LogP contribution in [0.2, 0.25) is 0 Å². The van der Waals surface area contributed by atoms with Crippen LogP contribution in [0.15, 0.2) is 15.2 Å². The lowest BCUT2D eigenvalue weighted by Crippen LogP contribution is -2.41. The second-order valence-corrected chi connectivity index (χ2v) is 5.67. The molecule has 0 aromatic carbocycles. The minimum absolute atomic E-state index is 0.567. The van der Waals surface area contributed by atoms with Crippen molar-refractivity contribution in [3.63, 3.8) is 0 Å². The van der Waals surface area contributed by atoms with Crippen molar-refractivity contribution in [2.75, 3.05) is 0 Å². The van der Waals surface area contributed by atoms with Gasteiger partial charge in [0.2, 0.25) is 0 Å². The molecule has 2 nitrogen and oxygen atoms in total. The summed E-state index contributed by atoms with van der Waals surface area (Å²) in [5.74, 6) is -0.677. The molecule has 0 atom stereocenters. The summed E-state index contributed by atoms with van der Waals surface area (Å²) in [4.78, 5) is 11.1. The predicted molar refractivity (Wildman–Crippen MR) is 55.2 cm³/mol. The van der Waals surface area contributed by atoms with Crippen LogP contribution in [0.25, 0.3) is 0 Å². The van der Waals surface area contributed by atoms with E-state index in [2.05, 4.69) is 15.9 Å². The molecule has 1 heterocycles. The van der Waals surface area contributed by atoms with Gasteiger partial charge in [0.25, 0.3) is 0 Å². The highest BCUT2D eigenvalue weighted by molar-refractivity contribution is 9.11. The minimum atomic E-state index is -0.677. The lowest BCUT2D eigenvalue weighted by molar-refractivity contribution is -0.147. The first kappa shape index (κ1) is 9.21. The van der Waals surface area contributed by atoms with Crippen LogP contribution in [0.5, 0.6) is 0 Å². The van der Waals surface area contributed by atoms with E-state index in [1.54, 1.807) is 11.3 Å². The second-order valence-electron chi connectivity index (χ2n) is 3.38. The number of carboxylic acids is 1. The Bertz CT molecular complexity index is 341. The topological polar surface area (TPSA) is 37.3 Å². The van der Waals surface area contributed by atoms with Crippen molar-refractivity contribution in [2.24, 2.45) is 0 Å². The van der Waals surface area contributed by atoms with E-state index < -0.39 is 11.4 Å². The van der Waals surface area contributed by atoms with Crippen molar-refractivity contribution in [1.82, 2.24) is 0 Å². The quantitative estimate of drug-likeness (QED) is 0.888. The van der Waals surface area contributed by atoms with Crippen LogP contribution in [0, 0.1) is 0 Å². The van der Waals surface area contributed by atoms with Crippen LogP contribution in [-0.4, -0.2) is 11.1 Å². The average molecular weight is 261 g/mol. The Morgan fingerprint density at radius 2 is 2.31 bits per heavy atom. The molecule has 1 aromatic rings. The van der Waals surface area contributed by atoms with E-state index in [-0.39, 0.29) is 0 Å². The van der Waals surface area contributed by atoms with E-state index in [0.29, 0.717) is 0 Å². The number of rotatable bonds is 2. The molecular weight excluding hydrogens is 252 g/mol. The zero-order valence-corrected chi connectivity index (χ0v) is 9.32. The summed E-state index contributed by atoms with van der Waals surface area (Å²) in [6.07, 6.45) is 2.59. The van der Waals surface area contributed by atoms with Crippen molar-refractivity contribution >= 4 is 33.2 Å². The van der Waals surface area contributed by atoms with E-state index in [1.807, 2.05) is 11.4 Å². The van der Waals surface area contributed by atoms with Gasteiger partial charge in [0.1, 0.15) is 0 Å². The molecule has 1 fully saturated rings. The summed E-state index contributed by atoms with van der Waals surface area (Å²) < 4.78 is 1.01. The molecule has 0 radical (unpaired) electrons. The highest BCUT2D eigenvalue weighted by atomic mass is 79.9. The Hall–Kier alpha value is -0.350. The minimum Gasteiger partial charge on any atom is -0.481 e. The summed E-state index contributed by atoms with van der Waals surface area (Å²) in [5, 5.41) is 11.1. The van der Waals surface area contributed by atoms with E-state index in [0.717, 1.165) is 28.6 Å². The summed E-state index contributed by atoms with van der Waals surface area (Å²) in [6, 6.07) is 1.93. The van der Waals surface area contributed by atoms with Crippen molar-refractivity contribution in [1.29, 1.82) is 0 Å². The van der Waals surface area contributed by atoms with Crippen molar-refractivity contribution in [2.45, 2.75) is 24.7 Å². The molecule has 0 spiro atoms. The molecule has 4 heteroatoms. The van der Waals surface area contributed by atoms with Gasteiger partial charge in [-0.2, -0.15) is 0 Å². The zero-order chi connectivity index (χ0) is 9.47. The predicted octanol–water partition coefficient (Wildman–Crippen LogP) is 3.02. The molecule has 13 heavy (non-hydrogen) atoms. The van der Waals surface area contributed by atoms with Crippen LogP contribution < -0.4 is 0 Å². The van der Waals surface area contributed by atoms with Gasteiger partial charge in [-0.25, -0.2) is 0 Å². The van der Waals surface area contributed by atoms with Gasteiger partial charge in [-0.05, 0) is 45.8 Å². The molecule has 1 aromatic heterocycles. The van der Waals surface area contributed by atoms with Crippen LogP contribution in [-0.2, 0) is 10.2 Å². The summed E-state index contributed by atoms with van der Waals surface area (Å²) in [7, 11) is 0. The molecule has 0 bridgehead atoms. The fourth-order valence-electron chi connectivity index (χ4n) is 1.72. The normalized spacial score (nSPS) is 19.5. The maximum atomic E-state index is 11.1. The molecular formula is C9H9BrO2S. The average Bonchev–Trinajstić information content (AvgIpc) is 2.32. The number of hydrogen-bond acceptors (Lipinski definition) is 2. The number of thiophene rings is 1. The van der Waals surface area contributed by atoms with Gasteiger partial charge in [0.15, 0.2) is 0 Å². The molecule has 70 valence electrons. The van der Waals surface area contributed by atoms with E-state index in [9.17, 15) is 4.79 Å². The standard InChI is InChI=1S/C9H9BrO2S/c10-7-4-6(5-13-7)9(8(11)12)2-1-3-9/h4-5H,1-3H2,(H,11,12). The SMILES string of the molecule is O=C(O)C1(c2csc(Br)c2)CCC1. The Balaban J connectivity index is 2.37. The van der Waals surface area contributed by atoms with Gasteiger partial charge >= 0.3 is 5.97 Å². The fourth-order valence-corrected chi connectivity index (χ4v) is 2.97. The largest absolute Gasteiger partial charge is 0.481 e. The fraction of sp³-hybridized carbons (Fsp3) is 0.444. The van der Waals surface area contributed by atoms with Crippen molar-refractivity contribution in [3.8, 4) is 0 Å². The lowest BCUT2D eigenvalue weighted by Gasteiger charge is -2.37. The van der Waals surface area contributed by atoms with Crippen LogP contribution in [0.1, 0.15) is 24.8 Å².